The SMILES string of the molecule is COOSc1ccc(C2=C(c3ccc(C)cc3)C(=O)OC2)c(F)c1. The zero-order chi connectivity index (χ0) is 17.1. The predicted molar refractivity (Wildman–Crippen MR) is 89.3 cm³/mol. The topological polar surface area (TPSA) is 44.8 Å². The molecule has 0 saturated heterocycles. The lowest BCUT2D eigenvalue weighted by Crippen LogP contribution is -1.98. The molecule has 0 saturated carbocycles. The van der Waals surface area contributed by atoms with E-state index in [-0.39, 0.29) is 6.61 Å². The van der Waals surface area contributed by atoms with Gasteiger partial charge in [0.2, 0.25) is 0 Å². The highest BCUT2D eigenvalue weighted by atomic mass is 32.2. The van der Waals surface area contributed by atoms with E-state index in [1.807, 2.05) is 31.2 Å². The second-order valence-corrected chi connectivity index (χ2v) is 6.03. The number of ether oxygens (including phenoxy) is 1. The number of carbonyl (C=O) groups excluding carboxylic acids is 1. The number of benzene rings is 2. The Morgan fingerprint density at radius 1 is 1.17 bits per heavy atom. The Hall–Kier alpha value is -2.15. The van der Waals surface area contributed by atoms with Gasteiger partial charge in [-0.25, -0.2) is 14.1 Å². The maximum atomic E-state index is 14.5. The number of carbonyl (C=O) groups is 1. The molecule has 0 spiro atoms. The number of cyclic esters (lactones) is 1. The van der Waals surface area contributed by atoms with E-state index < -0.39 is 11.8 Å². The second-order valence-electron chi connectivity index (χ2n) is 5.26. The van der Waals surface area contributed by atoms with Crippen LogP contribution < -0.4 is 0 Å². The lowest BCUT2D eigenvalue weighted by atomic mass is 9.96. The minimum atomic E-state index is -0.447. The number of halogens is 1. The minimum absolute atomic E-state index is 0.0556. The molecule has 124 valence electrons. The first kappa shape index (κ1) is 16.7. The first-order valence-electron chi connectivity index (χ1n) is 7.24. The van der Waals surface area contributed by atoms with Crippen LogP contribution in [0, 0.1) is 12.7 Å². The van der Waals surface area contributed by atoms with Crippen LogP contribution in [0.25, 0.3) is 11.1 Å². The summed E-state index contributed by atoms with van der Waals surface area (Å²) in [5.41, 5.74) is 3.10. The zero-order valence-electron chi connectivity index (χ0n) is 13.2. The van der Waals surface area contributed by atoms with Crippen molar-refractivity contribution < 1.29 is 23.1 Å². The van der Waals surface area contributed by atoms with Crippen LogP contribution in [0.2, 0.25) is 0 Å². The van der Waals surface area contributed by atoms with Crippen molar-refractivity contribution in [3.05, 3.63) is 65.0 Å². The Morgan fingerprint density at radius 2 is 1.92 bits per heavy atom. The van der Waals surface area contributed by atoms with Gasteiger partial charge < -0.3 is 4.74 Å². The summed E-state index contributed by atoms with van der Waals surface area (Å²) in [5.74, 6) is -0.882. The van der Waals surface area contributed by atoms with Gasteiger partial charge >= 0.3 is 5.97 Å². The Kier molecular flexibility index (Phi) is 4.99. The van der Waals surface area contributed by atoms with E-state index in [0.717, 1.165) is 23.2 Å². The highest BCUT2D eigenvalue weighted by molar-refractivity contribution is 7.94. The number of aryl methyl sites for hydroxylation is 1. The molecule has 24 heavy (non-hydrogen) atoms. The van der Waals surface area contributed by atoms with E-state index in [9.17, 15) is 9.18 Å². The van der Waals surface area contributed by atoms with Gasteiger partial charge in [0.15, 0.2) is 0 Å². The van der Waals surface area contributed by atoms with Gasteiger partial charge in [0.05, 0.1) is 24.7 Å². The van der Waals surface area contributed by atoms with Crippen LogP contribution in [-0.4, -0.2) is 19.7 Å². The van der Waals surface area contributed by atoms with E-state index in [2.05, 4.69) is 4.89 Å². The first-order chi connectivity index (χ1) is 11.6. The third-order valence-corrected chi connectivity index (χ3v) is 4.31. The van der Waals surface area contributed by atoms with Crippen molar-refractivity contribution in [2.24, 2.45) is 0 Å². The number of esters is 1. The fourth-order valence-corrected chi connectivity index (χ4v) is 2.92. The minimum Gasteiger partial charge on any atom is -0.457 e. The summed E-state index contributed by atoms with van der Waals surface area (Å²) in [6.45, 7) is 2.02. The molecule has 2 aromatic carbocycles. The van der Waals surface area contributed by atoms with Crippen LogP contribution in [0.4, 0.5) is 4.39 Å². The Morgan fingerprint density at radius 3 is 2.58 bits per heavy atom. The summed E-state index contributed by atoms with van der Waals surface area (Å²) < 4.78 is 24.4. The van der Waals surface area contributed by atoms with Crippen LogP contribution in [-0.2, 0) is 18.8 Å². The summed E-state index contributed by atoms with van der Waals surface area (Å²) in [5, 5.41) is 0. The molecule has 0 amide bonds. The molecule has 1 aliphatic heterocycles. The Balaban J connectivity index is 2.02. The molecule has 0 N–H and O–H groups in total. The normalized spacial score (nSPS) is 14.2. The van der Waals surface area contributed by atoms with E-state index in [4.69, 9.17) is 9.07 Å². The van der Waals surface area contributed by atoms with Crippen LogP contribution in [0.15, 0.2) is 47.4 Å². The van der Waals surface area contributed by atoms with Gasteiger partial charge in [-0.1, -0.05) is 35.9 Å². The van der Waals surface area contributed by atoms with Gasteiger partial charge in [-0.15, -0.1) is 0 Å². The molecule has 0 bridgehead atoms. The maximum absolute atomic E-state index is 14.5. The summed E-state index contributed by atoms with van der Waals surface area (Å²) in [7, 11) is 1.37. The molecular weight excluding hydrogens is 331 g/mol. The second kappa shape index (κ2) is 7.17. The highest BCUT2D eigenvalue weighted by Gasteiger charge is 2.28. The molecule has 0 aromatic heterocycles. The van der Waals surface area contributed by atoms with Crippen molar-refractivity contribution in [1.29, 1.82) is 0 Å². The third-order valence-electron chi connectivity index (χ3n) is 3.66. The van der Waals surface area contributed by atoms with E-state index in [1.165, 1.54) is 13.2 Å². The molecule has 6 heteroatoms. The molecule has 1 heterocycles. The predicted octanol–water partition coefficient (Wildman–Crippen LogP) is 4.19. The summed E-state index contributed by atoms with van der Waals surface area (Å²) >= 11 is 0.909. The lowest BCUT2D eigenvalue weighted by molar-refractivity contribution is -0.160. The molecule has 1 aliphatic rings. The number of rotatable bonds is 5. The lowest BCUT2D eigenvalue weighted by Gasteiger charge is -2.08. The molecule has 0 unspecified atom stereocenters. The molecular formula is C18H15FO4S. The van der Waals surface area contributed by atoms with Gasteiger partial charge in [-0.05, 0) is 24.6 Å². The van der Waals surface area contributed by atoms with Crippen molar-refractivity contribution in [2.75, 3.05) is 13.7 Å². The number of hydrogen-bond acceptors (Lipinski definition) is 5. The first-order valence-corrected chi connectivity index (χ1v) is 7.99. The Bertz CT molecular complexity index is 799. The average molecular weight is 346 g/mol. The summed E-state index contributed by atoms with van der Waals surface area (Å²) in [6, 6.07) is 12.1. The van der Waals surface area contributed by atoms with Gasteiger partial charge in [-0.3, -0.25) is 0 Å². The zero-order valence-corrected chi connectivity index (χ0v) is 14.0. The van der Waals surface area contributed by atoms with Crippen molar-refractivity contribution in [2.45, 2.75) is 11.8 Å². The van der Waals surface area contributed by atoms with Crippen molar-refractivity contribution in [3.8, 4) is 0 Å². The Labute approximate surface area is 143 Å². The van der Waals surface area contributed by atoms with Crippen LogP contribution in [0.3, 0.4) is 0 Å². The largest absolute Gasteiger partial charge is 0.457 e. The van der Waals surface area contributed by atoms with Crippen LogP contribution in [0.5, 0.6) is 0 Å². The molecule has 4 nitrogen and oxygen atoms in total. The fraction of sp³-hybridized carbons (Fsp3) is 0.167. The highest BCUT2D eigenvalue weighted by Crippen LogP contribution is 2.35. The maximum Gasteiger partial charge on any atom is 0.339 e. The average Bonchev–Trinajstić information content (AvgIpc) is 2.95. The fourth-order valence-electron chi connectivity index (χ4n) is 2.50. The van der Waals surface area contributed by atoms with E-state index in [0.29, 0.717) is 21.6 Å². The van der Waals surface area contributed by atoms with Crippen molar-refractivity contribution in [3.63, 3.8) is 0 Å². The molecule has 0 atom stereocenters. The molecule has 3 rings (SSSR count). The molecule has 0 radical (unpaired) electrons. The quantitative estimate of drug-likeness (QED) is 0.352. The van der Waals surface area contributed by atoms with Gasteiger partial charge in [0.1, 0.15) is 12.4 Å². The molecule has 0 aliphatic carbocycles. The van der Waals surface area contributed by atoms with Crippen molar-refractivity contribution in [1.82, 2.24) is 0 Å². The third kappa shape index (κ3) is 3.36. The van der Waals surface area contributed by atoms with Gasteiger partial charge in [0, 0.05) is 16.0 Å². The standard InChI is InChI=1S/C18H15FO4S/c1-11-3-5-12(6-4-11)17-15(10-22-18(17)20)14-8-7-13(9-16(14)19)24-23-21-2/h3-9H,10H2,1-2H3. The van der Waals surface area contributed by atoms with Gasteiger partial charge in [-0.2, -0.15) is 4.33 Å². The monoisotopic (exact) mass is 346 g/mol. The number of hydrogen-bond donors (Lipinski definition) is 0. The summed E-state index contributed by atoms with van der Waals surface area (Å²) in [4.78, 5) is 17.2. The molecule has 0 fully saturated rings. The van der Waals surface area contributed by atoms with Crippen molar-refractivity contribution >= 4 is 29.2 Å². The van der Waals surface area contributed by atoms with Crippen LogP contribution in [0.1, 0.15) is 16.7 Å². The van der Waals surface area contributed by atoms with Gasteiger partial charge in [0.25, 0.3) is 0 Å². The van der Waals surface area contributed by atoms with Crippen LogP contribution >= 0.6 is 12.0 Å². The smallest absolute Gasteiger partial charge is 0.339 e. The summed E-state index contributed by atoms with van der Waals surface area (Å²) in [6.07, 6.45) is 0. The van der Waals surface area contributed by atoms with E-state index in [1.54, 1.807) is 12.1 Å². The van der Waals surface area contributed by atoms with E-state index >= 15 is 0 Å². The molecule has 2 aromatic rings.